The zero-order chi connectivity index (χ0) is 15.0. The number of rotatable bonds is 10. The predicted molar refractivity (Wildman–Crippen MR) is 89.8 cm³/mol. The maximum Gasteiger partial charge on any atom is 0.0587 e. The van der Waals surface area contributed by atoms with Crippen LogP contribution in [0.5, 0.6) is 0 Å². The van der Waals surface area contributed by atoms with Gasteiger partial charge in [-0.05, 0) is 44.1 Å². The predicted octanol–water partition coefficient (Wildman–Crippen LogP) is 3.44. The lowest BCUT2D eigenvalue weighted by Gasteiger charge is -2.38. The lowest BCUT2D eigenvalue weighted by atomic mass is 9.79. The fourth-order valence-corrected chi connectivity index (χ4v) is 3.95. The second-order valence-corrected chi connectivity index (χ2v) is 7.29. The third-order valence-electron chi connectivity index (χ3n) is 5.26. The normalized spacial score (nSPS) is 22.4. The number of hydrogen-bond donors (Lipinski definition) is 1. The summed E-state index contributed by atoms with van der Waals surface area (Å²) in [7, 11) is 1.79. The van der Waals surface area contributed by atoms with Gasteiger partial charge in [0.2, 0.25) is 0 Å². The molecule has 0 aliphatic heterocycles. The average molecular weight is 296 g/mol. The molecule has 2 rings (SSSR count). The van der Waals surface area contributed by atoms with Gasteiger partial charge >= 0.3 is 0 Å². The highest BCUT2D eigenvalue weighted by Gasteiger charge is 2.37. The third-order valence-corrected chi connectivity index (χ3v) is 5.26. The van der Waals surface area contributed by atoms with Gasteiger partial charge in [0.15, 0.2) is 0 Å². The van der Waals surface area contributed by atoms with E-state index >= 15 is 0 Å². The Kier molecular flexibility index (Phi) is 7.48. The quantitative estimate of drug-likeness (QED) is 0.494. The van der Waals surface area contributed by atoms with Gasteiger partial charge in [-0.15, -0.1) is 0 Å². The highest BCUT2D eigenvalue weighted by Crippen LogP contribution is 2.38. The topological polar surface area (TPSA) is 24.5 Å². The standard InChI is InChI=1S/C18H36N2O/c1-3-13-20(17-8-9-17)16-18(15-19-12-14-21-2)10-6-4-5-7-11-18/h17,19H,3-16H2,1-2H3. The summed E-state index contributed by atoms with van der Waals surface area (Å²) < 4.78 is 5.18. The van der Waals surface area contributed by atoms with Crippen LogP contribution in [0.4, 0.5) is 0 Å². The van der Waals surface area contributed by atoms with Crippen LogP contribution in [0.3, 0.4) is 0 Å². The molecule has 0 atom stereocenters. The van der Waals surface area contributed by atoms with Crippen LogP contribution in [0.15, 0.2) is 0 Å². The van der Waals surface area contributed by atoms with Crippen LogP contribution in [0.2, 0.25) is 0 Å². The number of nitrogens with one attached hydrogen (secondary N) is 1. The zero-order valence-electron chi connectivity index (χ0n) is 14.3. The van der Waals surface area contributed by atoms with E-state index in [4.69, 9.17) is 4.74 Å². The van der Waals surface area contributed by atoms with E-state index in [1.54, 1.807) is 7.11 Å². The van der Waals surface area contributed by atoms with Gasteiger partial charge in [0.1, 0.15) is 0 Å². The van der Waals surface area contributed by atoms with Gasteiger partial charge in [-0.25, -0.2) is 0 Å². The molecule has 2 aliphatic rings. The SMILES string of the molecule is CCCN(CC1(CNCCOC)CCCCCC1)C1CC1. The highest BCUT2D eigenvalue weighted by atomic mass is 16.5. The molecule has 0 spiro atoms. The van der Waals surface area contributed by atoms with Crippen molar-refractivity contribution in [3.05, 3.63) is 0 Å². The summed E-state index contributed by atoms with van der Waals surface area (Å²) in [4.78, 5) is 2.81. The number of methoxy groups -OCH3 is 1. The van der Waals surface area contributed by atoms with Crippen molar-refractivity contribution in [2.45, 2.75) is 70.8 Å². The van der Waals surface area contributed by atoms with Gasteiger partial charge in [-0.1, -0.05) is 32.6 Å². The van der Waals surface area contributed by atoms with Crippen molar-refractivity contribution in [3.63, 3.8) is 0 Å². The van der Waals surface area contributed by atoms with E-state index < -0.39 is 0 Å². The summed E-state index contributed by atoms with van der Waals surface area (Å²) in [5, 5.41) is 3.68. The van der Waals surface area contributed by atoms with E-state index in [-0.39, 0.29) is 0 Å². The van der Waals surface area contributed by atoms with Crippen LogP contribution in [0.1, 0.15) is 64.7 Å². The number of nitrogens with zero attached hydrogens (tertiary/aromatic N) is 1. The molecule has 0 bridgehead atoms. The van der Waals surface area contributed by atoms with Crippen LogP contribution in [0, 0.1) is 5.41 Å². The van der Waals surface area contributed by atoms with Gasteiger partial charge in [0.05, 0.1) is 6.61 Å². The molecule has 2 saturated carbocycles. The molecule has 0 aromatic rings. The average Bonchev–Trinajstić information content (AvgIpc) is 3.31. The molecule has 3 heteroatoms. The monoisotopic (exact) mass is 296 g/mol. The van der Waals surface area contributed by atoms with Gasteiger partial charge in [0.25, 0.3) is 0 Å². The summed E-state index contributed by atoms with van der Waals surface area (Å²) >= 11 is 0. The first-order valence-corrected chi connectivity index (χ1v) is 9.23. The van der Waals surface area contributed by atoms with Gasteiger partial charge in [0, 0.05) is 32.8 Å². The molecular weight excluding hydrogens is 260 g/mol. The molecule has 0 aromatic carbocycles. The van der Waals surface area contributed by atoms with Crippen LogP contribution < -0.4 is 5.32 Å². The summed E-state index contributed by atoms with van der Waals surface area (Å²) in [5.41, 5.74) is 0.516. The van der Waals surface area contributed by atoms with Crippen LogP contribution >= 0.6 is 0 Å². The Bertz CT molecular complexity index is 270. The van der Waals surface area contributed by atoms with Crippen molar-refractivity contribution < 1.29 is 4.74 Å². The summed E-state index contributed by atoms with van der Waals surface area (Å²) in [6.45, 7) is 7.96. The minimum absolute atomic E-state index is 0.516. The Balaban J connectivity index is 1.92. The molecular formula is C18H36N2O. The second-order valence-electron chi connectivity index (χ2n) is 7.29. The molecule has 1 N–H and O–H groups in total. The van der Waals surface area contributed by atoms with Crippen molar-refractivity contribution in [1.29, 1.82) is 0 Å². The Labute approximate surface area is 131 Å². The summed E-state index contributed by atoms with van der Waals surface area (Å²) in [6.07, 6.45) is 12.7. The highest BCUT2D eigenvalue weighted by molar-refractivity contribution is 4.92. The molecule has 3 nitrogen and oxygen atoms in total. The molecule has 2 fully saturated rings. The smallest absolute Gasteiger partial charge is 0.0587 e. The molecule has 0 saturated heterocycles. The van der Waals surface area contributed by atoms with Crippen molar-refractivity contribution >= 4 is 0 Å². The Morgan fingerprint density at radius 1 is 1.14 bits per heavy atom. The number of ether oxygens (including phenoxy) is 1. The number of hydrogen-bond acceptors (Lipinski definition) is 3. The molecule has 0 amide bonds. The third kappa shape index (κ3) is 5.88. The first-order valence-electron chi connectivity index (χ1n) is 9.23. The van der Waals surface area contributed by atoms with Crippen molar-refractivity contribution in [1.82, 2.24) is 10.2 Å². The zero-order valence-corrected chi connectivity index (χ0v) is 14.3. The van der Waals surface area contributed by atoms with E-state index in [1.165, 1.54) is 77.4 Å². The van der Waals surface area contributed by atoms with Crippen molar-refractivity contribution in [3.8, 4) is 0 Å². The van der Waals surface area contributed by atoms with E-state index in [0.717, 1.165) is 19.2 Å². The molecule has 21 heavy (non-hydrogen) atoms. The van der Waals surface area contributed by atoms with E-state index in [0.29, 0.717) is 5.41 Å². The van der Waals surface area contributed by atoms with Crippen LogP contribution in [-0.4, -0.2) is 50.8 Å². The molecule has 0 unspecified atom stereocenters. The van der Waals surface area contributed by atoms with Gasteiger partial charge in [-0.3, -0.25) is 4.90 Å². The lowest BCUT2D eigenvalue weighted by Crippen LogP contribution is -2.45. The molecule has 2 aliphatic carbocycles. The summed E-state index contributed by atoms with van der Waals surface area (Å²) in [5.74, 6) is 0. The molecule has 0 aromatic heterocycles. The Morgan fingerprint density at radius 2 is 1.86 bits per heavy atom. The van der Waals surface area contributed by atoms with Crippen molar-refractivity contribution in [2.75, 3.05) is 39.9 Å². The maximum atomic E-state index is 5.18. The Morgan fingerprint density at radius 3 is 2.43 bits per heavy atom. The molecule has 0 radical (unpaired) electrons. The van der Waals surface area contributed by atoms with Crippen molar-refractivity contribution in [2.24, 2.45) is 5.41 Å². The van der Waals surface area contributed by atoms with Crippen LogP contribution in [0.25, 0.3) is 0 Å². The molecule has 0 heterocycles. The maximum absolute atomic E-state index is 5.18. The van der Waals surface area contributed by atoms with Crippen LogP contribution in [-0.2, 0) is 4.74 Å². The Hall–Kier alpha value is -0.120. The minimum Gasteiger partial charge on any atom is -0.383 e. The second kappa shape index (κ2) is 9.12. The largest absolute Gasteiger partial charge is 0.383 e. The molecule has 124 valence electrons. The van der Waals surface area contributed by atoms with E-state index in [2.05, 4.69) is 17.1 Å². The van der Waals surface area contributed by atoms with Gasteiger partial charge in [-0.2, -0.15) is 0 Å². The fraction of sp³-hybridized carbons (Fsp3) is 1.00. The van der Waals surface area contributed by atoms with E-state index in [1.807, 2.05) is 0 Å². The van der Waals surface area contributed by atoms with Gasteiger partial charge < -0.3 is 10.1 Å². The first kappa shape index (κ1) is 17.2. The fourth-order valence-electron chi connectivity index (χ4n) is 3.95. The summed E-state index contributed by atoms with van der Waals surface area (Å²) in [6, 6.07) is 0.907. The van der Waals surface area contributed by atoms with E-state index in [9.17, 15) is 0 Å². The first-order chi connectivity index (χ1) is 10.3. The minimum atomic E-state index is 0.516. The lowest BCUT2D eigenvalue weighted by molar-refractivity contribution is 0.116.